The number of nitrogens with zero attached hydrogens (tertiary/aromatic N) is 2. The van der Waals surface area contributed by atoms with E-state index in [4.69, 9.17) is 0 Å². The monoisotopic (exact) mass is 319 g/mol. The molecule has 1 aromatic carbocycles. The summed E-state index contributed by atoms with van der Waals surface area (Å²) in [6.45, 7) is 5.46. The molecule has 23 heavy (non-hydrogen) atoms. The molecule has 0 aliphatic heterocycles. The minimum Gasteiger partial charge on any atom is -0.394 e. The summed E-state index contributed by atoms with van der Waals surface area (Å²) in [5.74, 6) is -0.651. The maximum Gasteiger partial charge on any atom is 0.272 e. The second kappa shape index (κ2) is 6.91. The first-order chi connectivity index (χ1) is 10.9. The van der Waals surface area contributed by atoms with Gasteiger partial charge in [-0.1, -0.05) is 13.3 Å². The van der Waals surface area contributed by atoms with Crippen LogP contribution < -0.4 is 5.32 Å². The highest BCUT2D eigenvalue weighted by atomic mass is 19.1. The van der Waals surface area contributed by atoms with E-state index in [1.807, 2.05) is 6.92 Å². The summed E-state index contributed by atoms with van der Waals surface area (Å²) in [6, 6.07) is 5.88. The smallest absolute Gasteiger partial charge is 0.272 e. The van der Waals surface area contributed by atoms with Gasteiger partial charge in [-0.15, -0.1) is 0 Å². The first-order valence-corrected chi connectivity index (χ1v) is 7.64. The predicted molar refractivity (Wildman–Crippen MR) is 86.1 cm³/mol. The van der Waals surface area contributed by atoms with Gasteiger partial charge < -0.3 is 10.4 Å². The summed E-state index contributed by atoms with van der Waals surface area (Å²) in [5, 5.41) is 16.7. The Labute approximate surface area is 135 Å². The van der Waals surface area contributed by atoms with Crippen LogP contribution in [0.5, 0.6) is 0 Å². The van der Waals surface area contributed by atoms with E-state index in [-0.39, 0.29) is 18.3 Å². The van der Waals surface area contributed by atoms with Gasteiger partial charge in [-0.25, -0.2) is 9.07 Å². The number of carbonyl (C=O) groups is 1. The highest BCUT2D eigenvalue weighted by Gasteiger charge is 2.27. The molecule has 5 nitrogen and oxygen atoms in total. The number of aliphatic hydroxyl groups excluding tert-OH is 1. The lowest BCUT2D eigenvalue weighted by atomic mass is 9.97. The molecule has 124 valence electrons. The normalized spacial score (nSPS) is 13.6. The molecule has 0 saturated carbocycles. The minimum atomic E-state index is -0.669. The van der Waals surface area contributed by atoms with E-state index in [0.717, 1.165) is 6.42 Å². The molecule has 0 spiro atoms. The molecule has 1 amide bonds. The largest absolute Gasteiger partial charge is 0.394 e. The molecule has 1 heterocycles. The Morgan fingerprint density at radius 2 is 2.04 bits per heavy atom. The number of carbonyl (C=O) groups excluding carboxylic acids is 1. The predicted octanol–water partition coefficient (Wildman–Crippen LogP) is 2.60. The van der Waals surface area contributed by atoms with Crippen LogP contribution in [0.25, 0.3) is 5.69 Å². The molecule has 1 aromatic heterocycles. The number of benzene rings is 1. The highest BCUT2D eigenvalue weighted by Crippen LogP contribution is 2.16. The van der Waals surface area contributed by atoms with Crippen LogP contribution in [0.1, 0.15) is 42.7 Å². The maximum absolute atomic E-state index is 13.0. The van der Waals surface area contributed by atoms with Gasteiger partial charge >= 0.3 is 0 Å². The number of hydrogen-bond donors (Lipinski definition) is 2. The lowest BCUT2D eigenvalue weighted by Crippen LogP contribution is -2.49. The molecule has 2 aromatic rings. The molecule has 1 unspecified atom stereocenters. The van der Waals surface area contributed by atoms with Crippen LogP contribution in [0.3, 0.4) is 0 Å². The van der Waals surface area contributed by atoms with Crippen molar-refractivity contribution in [3.05, 3.63) is 47.5 Å². The summed E-state index contributed by atoms with van der Waals surface area (Å²) >= 11 is 0. The van der Waals surface area contributed by atoms with Gasteiger partial charge in [-0.2, -0.15) is 5.10 Å². The van der Waals surface area contributed by atoms with Crippen molar-refractivity contribution in [3.63, 3.8) is 0 Å². The van der Waals surface area contributed by atoms with Crippen molar-refractivity contribution in [2.24, 2.45) is 0 Å². The van der Waals surface area contributed by atoms with E-state index in [1.165, 1.54) is 12.1 Å². The minimum absolute atomic E-state index is 0.135. The third kappa shape index (κ3) is 3.96. The number of amides is 1. The number of nitrogens with one attached hydrogen (secondary N) is 1. The van der Waals surface area contributed by atoms with E-state index in [2.05, 4.69) is 10.4 Å². The van der Waals surface area contributed by atoms with E-state index < -0.39 is 5.54 Å². The molecule has 2 N–H and O–H groups in total. The average Bonchev–Trinajstić information content (AvgIpc) is 2.90. The van der Waals surface area contributed by atoms with Gasteiger partial charge in [0.25, 0.3) is 5.91 Å². The Hall–Kier alpha value is -2.21. The second-order valence-corrected chi connectivity index (χ2v) is 6.00. The number of halogens is 1. The topological polar surface area (TPSA) is 67.2 Å². The number of hydrogen-bond acceptors (Lipinski definition) is 3. The maximum atomic E-state index is 13.0. The number of rotatable bonds is 6. The van der Waals surface area contributed by atoms with Crippen LogP contribution in [-0.2, 0) is 0 Å². The fraction of sp³-hybridized carbons (Fsp3) is 0.412. The van der Waals surface area contributed by atoms with Gasteiger partial charge in [0.2, 0.25) is 0 Å². The van der Waals surface area contributed by atoms with Crippen molar-refractivity contribution < 1.29 is 14.3 Å². The Kier molecular flexibility index (Phi) is 5.15. The van der Waals surface area contributed by atoms with Gasteiger partial charge in [0.15, 0.2) is 5.69 Å². The fourth-order valence-electron chi connectivity index (χ4n) is 2.48. The third-order valence-corrected chi connectivity index (χ3v) is 3.77. The number of aryl methyl sites for hydroxylation is 1. The van der Waals surface area contributed by atoms with Crippen LogP contribution >= 0.6 is 0 Å². The molecule has 0 aliphatic rings. The van der Waals surface area contributed by atoms with Crippen molar-refractivity contribution in [3.8, 4) is 5.69 Å². The summed E-state index contributed by atoms with van der Waals surface area (Å²) in [6.07, 6.45) is 3.24. The molecule has 0 saturated heterocycles. The highest BCUT2D eigenvalue weighted by molar-refractivity contribution is 5.94. The lowest BCUT2D eigenvalue weighted by Gasteiger charge is -2.28. The second-order valence-electron chi connectivity index (χ2n) is 6.00. The molecule has 0 fully saturated rings. The molecule has 0 aliphatic carbocycles. The summed E-state index contributed by atoms with van der Waals surface area (Å²) in [4.78, 5) is 12.5. The summed E-state index contributed by atoms with van der Waals surface area (Å²) < 4.78 is 14.5. The average molecular weight is 319 g/mol. The van der Waals surface area contributed by atoms with Crippen molar-refractivity contribution in [2.45, 2.75) is 39.2 Å². The SMILES string of the molecule is CCCC(C)(CO)NC(=O)c1nn(-c2ccc(F)cc2)cc1C. The van der Waals surface area contributed by atoms with Gasteiger partial charge in [0.05, 0.1) is 17.8 Å². The van der Waals surface area contributed by atoms with Crippen LogP contribution in [0.2, 0.25) is 0 Å². The fourth-order valence-corrected chi connectivity index (χ4v) is 2.48. The molecular formula is C17H22FN3O2. The van der Waals surface area contributed by atoms with E-state index in [0.29, 0.717) is 23.4 Å². The zero-order valence-corrected chi connectivity index (χ0v) is 13.6. The molecule has 6 heteroatoms. The Balaban J connectivity index is 2.23. The Bertz CT molecular complexity index is 682. The van der Waals surface area contributed by atoms with Gasteiger partial charge in [-0.3, -0.25) is 4.79 Å². The number of aliphatic hydroxyl groups is 1. The first-order valence-electron chi connectivity index (χ1n) is 7.64. The van der Waals surface area contributed by atoms with Gasteiger partial charge in [0.1, 0.15) is 5.82 Å². The van der Waals surface area contributed by atoms with Crippen LogP contribution in [-0.4, -0.2) is 32.9 Å². The van der Waals surface area contributed by atoms with Crippen molar-refractivity contribution in [1.82, 2.24) is 15.1 Å². The van der Waals surface area contributed by atoms with Crippen LogP contribution in [0.15, 0.2) is 30.5 Å². The van der Waals surface area contributed by atoms with E-state index in [1.54, 1.807) is 36.9 Å². The summed E-state index contributed by atoms with van der Waals surface area (Å²) in [7, 11) is 0. The van der Waals surface area contributed by atoms with Crippen LogP contribution in [0, 0.1) is 12.7 Å². The van der Waals surface area contributed by atoms with Gasteiger partial charge in [0, 0.05) is 11.8 Å². The number of aromatic nitrogens is 2. The molecule has 1 atom stereocenters. The molecule has 0 bridgehead atoms. The molecule has 0 radical (unpaired) electrons. The lowest BCUT2D eigenvalue weighted by molar-refractivity contribution is 0.0835. The van der Waals surface area contributed by atoms with Crippen molar-refractivity contribution in [2.75, 3.05) is 6.61 Å². The standard InChI is InChI=1S/C17H22FN3O2/c1-4-9-17(3,11-22)19-16(23)15-12(2)10-21(20-15)14-7-5-13(18)6-8-14/h5-8,10,22H,4,9,11H2,1-3H3,(H,19,23). The zero-order valence-electron chi connectivity index (χ0n) is 13.6. The molecule has 2 rings (SSSR count). The van der Waals surface area contributed by atoms with E-state index >= 15 is 0 Å². The van der Waals surface area contributed by atoms with Crippen LogP contribution in [0.4, 0.5) is 4.39 Å². The zero-order chi connectivity index (χ0) is 17.0. The van der Waals surface area contributed by atoms with Gasteiger partial charge in [-0.05, 0) is 44.5 Å². The van der Waals surface area contributed by atoms with Crippen molar-refractivity contribution >= 4 is 5.91 Å². The third-order valence-electron chi connectivity index (χ3n) is 3.77. The Morgan fingerprint density at radius 1 is 1.39 bits per heavy atom. The van der Waals surface area contributed by atoms with Crippen molar-refractivity contribution in [1.29, 1.82) is 0 Å². The summed E-state index contributed by atoms with van der Waals surface area (Å²) in [5.41, 5.74) is 1.01. The van der Waals surface area contributed by atoms with E-state index in [9.17, 15) is 14.3 Å². The molecular weight excluding hydrogens is 297 g/mol. The quantitative estimate of drug-likeness (QED) is 0.860. The Morgan fingerprint density at radius 3 is 2.61 bits per heavy atom. The first kappa shape index (κ1) is 17.1.